The third kappa shape index (κ3) is 4.17. The Bertz CT molecular complexity index is 384. The van der Waals surface area contributed by atoms with E-state index in [0.29, 0.717) is 0 Å². The van der Waals surface area contributed by atoms with Crippen LogP contribution in [0.2, 0.25) is 5.02 Å². The molecule has 1 atom stereocenters. The second-order valence-corrected chi connectivity index (χ2v) is 4.90. The van der Waals surface area contributed by atoms with Crippen LogP contribution >= 0.6 is 27.5 Å². The molecule has 0 amide bonds. The molecule has 1 nitrogen and oxygen atoms in total. The van der Waals surface area contributed by atoms with E-state index in [9.17, 15) is 0 Å². The lowest BCUT2D eigenvalue weighted by molar-refractivity contribution is 0.563. The van der Waals surface area contributed by atoms with Crippen molar-refractivity contribution < 1.29 is 0 Å². The Morgan fingerprint density at radius 3 is 2.88 bits per heavy atom. The molecule has 1 N–H and O–H groups in total. The van der Waals surface area contributed by atoms with E-state index in [1.165, 1.54) is 0 Å². The summed E-state index contributed by atoms with van der Waals surface area (Å²) in [5, 5.41) is 4.05. The van der Waals surface area contributed by atoms with Crippen LogP contribution in [-0.4, -0.2) is 6.04 Å². The lowest BCUT2D eigenvalue weighted by Gasteiger charge is -2.12. The van der Waals surface area contributed by atoms with Crippen LogP contribution in [0.1, 0.15) is 25.3 Å². The molecule has 0 aliphatic heterocycles. The molecule has 0 fully saturated rings. The maximum atomic E-state index is 6.01. The van der Waals surface area contributed by atoms with E-state index in [1.807, 2.05) is 18.2 Å². The molecule has 86 valence electrons. The minimum absolute atomic E-state index is 0.146. The lowest BCUT2D eigenvalue weighted by Crippen LogP contribution is -2.26. The molecule has 0 spiro atoms. The van der Waals surface area contributed by atoms with Crippen LogP contribution in [0.25, 0.3) is 0 Å². The van der Waals surface area contributed by atoms with Crippen LogP contribution in [0.15, 0.2) is 22.7 Å². The van der Waals surface area contributed by atoms with E-state index < -0.39 is 0 Å². The summed E-state index contributed by atoms with van der Waals surface area (Å²) in [6, 6.07) is 6.07. The van der Waals surface area contributed by atoms with Gasteiger partial charge in [-0.25, -0.2) is 0 Å². The van der Waals surface area contributed by atoms with Crippen molar-refractivity contribution in [2.24, 2.45) is 0 Å². The topological polar surface area (TPSA) is 12.0 Å². The zero-order chi connectivity index (χ0) is 12.0. The molecule has 1 rings (SSSR count). The van der Waals surface area contributed by atoms with Crippen molar-refractivity contribution in [2.45, 2.75) is 32.4 Å². The average Bonchev–Trinajstić information content (AvgIpc) is 2.28. The van der Waals surface area contributed by atoms with E-state index in [1.54, 1.807) is 0 Å². The van der Waals surface area contributed by atoms with Gasteiger partial charge in [0.15, 0.2) is 0 Å². The molecule has 0 aliphatic rings. The predicted molar refractivity (Wildman–Crippen MR) is 73.5 cm³/mol. The third-order valence-corrected chi connectivity index (χ3v) is 3.55. The number of terminal acetylenes is 1. The van der Waals surface area contributed by atoms with Gasteiger partial charge in [-0.3, -0.25) is 5.32 Å². The average molecular weight is 301 g/mol. The molecule has 1 unspecified atom stereocenters. The van der Waals surface area contributed by atoms with Gasteiger partial charge in [0.2, 0.25) is 0 Å². The van der Waals surface area contributed by atoms with Gasteiger partial charge in [-0.15, -0.1) is 6.42 Å². The summed E-state index contributed by atoms with van der Waals surface area (Å²) in [6.07, 6.45) is 7.52. The van der Waals surface area contributed by atoms with E-state index in [4.69, 9.17) is 18.0 Å². The van der Waals surface area contributed by atoms with Gasteiger partial charge in [-0.2, -0.15) is 0 Å². The molecule has 3 heteroatoms. The van der Waals surface area contributed by atoms with Crippen molar-refractivity contribution in [1.82, 2.24) is 5.32 Å². The highest BCUT2D eigenvalue weighted by Gasteiger charge is 2.04. The largest absolute Gasteiger partial charge is 0.300 e. The monoisotopic (exact) mass is 299 g/mol. The molecule has 16 heavy (non-hydrogen) atoms. The molecular weight excluding hydrogens is 286 g/mol. The Morgan fingerprint density at radius 2 is 2.31 bits per heavy atom. The summed E-state index contributed by atoms with van der Waals surface area (Å²) in [4.78, 5) is 0. The maximum Gasteiger partial charge on any atom is 0.0689 e. The Labute approximate surface area is 111 Å². The number of hydrogen-bond donors (Lipinski definition) is 1. The minimum atomic E-state index is 0.146. The SMILES string of the molecule is C#CC(CCC)NCc1ccc(Br)c(Cl)c1. The molecule has 0 saturated carbocycles. The van der Waals surface area contributed by atoms with Gasteiger partial charge in [0, 0.05) is 11.0 Å². The minimum Gasteiger partial charge on any atom is -0.300 e. The molecular formula is C13H15BrClN. The number of rotatable bonds is 5. The van der Waals surface area contributed by atoms with Crippen LogP contribution in [0.5, 0.6) is 0 Å². The van der Waals surface area contributed by atoms with Gasteiger partial charge in [0.25, 0.3) is 0 Å². The molecule has 0 radical (unpaired) electrons. The van der Waals surface area contributed by atoms with Gasteiger partial charge in [-0.05, 0) is 40.0 Å². The Morgan fingerprint density at radius 1 is 1.56 bits per heavy atom. The highest BCUT2D eigenvalue weighted by atomic mass is 79.9. The first kappa shape index (κ1) is 13.6. The van der Waals surface area contributed by atoms with Crippen molar-refractivity contribution in [3.05, 3.63) is 33.3 Å². The highest BCUT2D eigenvalue weighted by molar-refractivity contribution is 9.10. The number of benzene rings is 1. The fraction of sp³-hybridized carbons (Fsp3) is 0.385. The van der Waals surface area contributed by atoms with Gasteiger partial charge >= 0.3 is 0 Å². The van der Waals surface area contributed by atoms with Crippen molar-refractivity contribution in [3.63, 3.8) is 0 Å². The van der Waals surface area contributed by atoms with Gasteiger partial charge < -0.3 is 0 Å². The second-order valence-electron chi connectivity index (χ2n) is 3.64. The zero-order valence-corrected chi connectivity index (χ0v) is 11.6. The Hall–Kier alpha value is -0.490. The van der Waals surface area contributed by atoms with Crippen LogP contribution in [0.4, 0.5) is 0 Å². The van der Waals surface area contributed by atoms with Crippen LogP contribution in [0, 0.1) is 12.3 Å². The smallest absolute Gasteiger partial charge is 0.0689 e. The van der Waals surface area contributed by atoms with Crippen molar-refractivity contribution in [3.8, 4) is 12.3 Å². The first-order valence-corrected chi connectivity index (χ1v) is 6.48. The Balaban J connectivity index is 2.54. The first-order chi connectivity index (χ1) is 7.67. The number of halogens is 2. The quantitative estimate of drug-likeness (QED) is 0.811. The van der Waals surface area contributed by atoms with E-state index in [-0.39, 0.29) is 6.04 Å². The molecule has 1 aromatic carbocycles. The summed E-state index contributed by atoms with van der Waals surface area (Å²) >= 11 is 9.37. The summed E-state index contributed by atoms with van der Waals surface area (Å²) in [5.74, 6) is 2.75. The van der Waals surface area contributed by atoms with E-state index in [0.717, 1.165) is 34.4 Å². The van der Waals surface area contributed by atoms with Gasteiger partial charge in [0.1, 0.15) is 0 Å². The van der Waals surface area contributed by atoms with Gasteiger partial charge in [0.05, 0.1) is 11.1 Å². The fourth-order valence-corrected chi connectivity index (χ4v) is 1.87. The molecule has 0 aromatic heterocycles. The lowest BCUT2D eigenvalue weighted by atomic mass is 10.1. The number of hydrogen-bond acceptors (Lipinski definition) is 1. The number of nitrogens with one attached hydrogen (secondary N) is 1. The maximum absolute atomic E-state index is 6.01. The van der Waals surface area contributed by atoms with Crippen molar-refractivity contribution in [1.29, 1.82) is 0 Å². The van der Waals surface area contributed by atoms with E-state index in [2.05, 4.69) is 34.1 Å². The molecule has 0 saturated heterocycles. The standard InChI is InChI=1S/C13H15BrClN/c1-3-5-11(4-2)16-9-10-6-7-12(14)13(15)8-10/h2,6-8,11,16H,3,5,9H2,1H3. The summed E-state index contributed by atoms with van der Waals surface area (Å²) in [5.41, 5.74) is 1.14. The zero-order valence-electron chi connectivity index (χ0n) is 9.26. The van der Waals surface area contributed by atoms with Crippen molar-refractivity contribution in [2.75, 3.05) is 0 Å². The summed E-state index contributed by atoms with van der Waals surface area (Å²) in [6.45, 7) is 2.88. The molecule has 0 aliphatic carbocycles. The third-order valence-electron chi connectivity index (χ3n) is 2.32. The van der Waals surface area contributed by atoms with Crippen LogP contribution in [0.3, 0.4) is 0 Å². The predicted octanol–water partition coefficient (Wildman–Crippen LogP) is 3.99. The van der Waals surface area contributed by atoms with Crippen LogP contribution < -0.4 is 5.32 Å². The van der Waals surface area contributed by atoms with Crippen LogP contribution in [-0.2, 0) is 6.54 Å². The summed E-state index contributed by atoms with van der Waals surface area (Å²) in [7, 11) is 0. The Kier molecular flexibility index (Phi) is 5.90. The normalized spacial score (nSPS) is 12.1. The highest BCUT2D eigenvalue weighted by Crippen LogP contribution is 2.23. The van der Waals surface area contributed by atoms with Crippen molar-refractivity contribution >= 4 is 27.5 Å². The fourth-order valence-electron chi connectivity index (χ4n) is 1.42. The van der Waals surface area contributed by atoms with E-state index >= 15 is 0 Å². The molecule has 0 bridgehead atoms. The second kappa shape index (κ2) is 6.96. The molecule has 1 aromatic rings. The summed E-state index contributed by atoms with van der Waals surface area (Å²) < 4.78 is 0.917. The molecule has 0 heterocycles. The first-order valence-electron chi connectivity index (χ1n) is 5.30. The van der Waals surface area contributed by atoms with Gasteiger partial charge in [-0.1, -0.05) is 36.9 Å².